The van der Waals surface area contributed by atoms with Gasteiger partial charge in [0.25, 0.3) is 0 Å². The molecule has 3 heteroatoms. The molecule has 1 atom stereocenters. The van der Waals surface area contributed by atoms with Gasteiger partial charge in [0.1, 0.15) is 5.82 Å². The number of aliphatic hydroxyl groups is 1. The number of hydrogen-bond acceptors (Lipinski definition) is 1. The van der Waals surface area contributed by atoms with E-state index in [0.29, 0.717) is 12.3 Å². The molecule has 0 saturated heterocycles. The van der Waals surface area contributed by atoms with Crippen molar-refractivity contribution in [2.75, 3.05) is 0 Å². The Labute approximate surface area is 119 Å². The summed E-state index contributed by atoms with van der Waals surface area (Å²) in [6.07, 6.45) is 6.02. The quantitative estimate of drug-likeness (QED) is 0.857. The molecule has 0 radical (unpaired) electrons. The zero-order valence-electron chi connectivity index (χ0n) is 11.4. The predicted octanol–water partition coefficient (Wildman–Crippen LogP) is 4.60. The van der Waals surface area contributed by atoms with Gasteiger partial charge in [-0.3, -0.25) is 0 Å². The molecule has 0 bridgehead atoms. The lowest BCUT2D eigenvalue weighted by molar-refractivity contribution is 0.0735. The molecule has 0 aromatic heterocycles. The first kappa shape index (κ1) is 14.8. The van der Waals surface area contributed by atoms with Gasteiger partial charge in [-0.2, -0.15) is 0 Å². The van der Waals surface area contributed by atoms with E-state index in [4.69, 9.17) is 11.6 Å². The number of rotatable bonds is 4. The topological polar surface area (TPSA) is 20.2 Å². The van der Waals surface area contributed by atoms with Crippen molar-refractivity contribution in [2.24, 2.45) is 11.8 Å². The minimum Gasteiger partial charge on any atom is -0.392 e. The smallest absolute Gasteiger partial charge is 0.142 e. The van der Waals surface area contributed by atoms with Crippen molar-refractivity contribution in [3.05, 3.63) is 34.6 Å². The molecule has 1 unspecified atom stereocenters. The molecule has 1 aliphatic rings. The Hall–Kier alpha value is -0.600. The van der Waals surface area contributed by atoms with Crippen LogP contribution in [0.5, 0.6) is 0 Å². The van der Waals surface area contributed by atoms with Gasteiger partial charge in [0, 0.05) is 0 Å². The summed E-state index contributed by atoms with van der Waals surface area (Å²) in [4.78, 5) is 0. The van der Waals surface area contributed by atoms with Crippen LogP contribution < -0.4 is 0 Å². The van der Waals surface area contributed by atoms with Crippen LogP contribution in [-0.2, 0) is 6.42 Å². The predicted molar refractivity (Wildman–Crippen MR) is 76.9 cm³/mol. The minimum atomic E-state index is -0.402. The maximum Gasteiger partial charge on any atom is 0.142 e. The Morgan fingerprint density at radius 2 is 2.00 bits per heavy atom. The van der Waals surface area contributed by atoms with E-state index in [2.05, 4.69) is 6.92 Å². The van der Waals surface area contributed by atoms with E-state index in [9.17, 15) is 9.50 Å². The molecule has 1 aromatic rings. The number of aliphatic hydroxyl groups excluding tert-OH is 1. The van der Waals surface area contributed by atoms with Crippen molar-refractivity contribution in [1.82, 2.24) is 0 Å². The summed E-state index contributed by atoms with van der Waals surface area (Å²) in [5.41, 5.74) is 0.826. The zero-order valence-corrected chi connectivity index (χ0v) is 12.2. The van der Waals surface area contributed by atoms with Gasteiger partial charge < -0.3 is 5.11 Å². The van der Waals surface area contributed by atoms with Crippen LogP contribution >= 0.6 is 11.6 Å². The molecule has 2 rings (SSSR count). The highest BCUT2D eigenvalue weighted by atomic mass is 35.5. The summed E-state index contributed by atoms with van der Waals surface area (Å²) >= 11 is 5.66. The maximum atomic E-state index is 13.4. The second-order valence-electron chi connectivity index (χ2n) is 5.71. The summed E-state index contributed by atoms with van der Waals surface area (Å²) in [5.74, 6) is 0.791. The van der Waals surface area contributed by atoms with E-state index < -0.39 is 5.82 Å². The van der Waals surface area contributed by atoms with Crippen molar-refractivity contribution in [3.63, 3.8) is 0 Å². The molecule has 1 nitrogen and oxygen atoms in total. The third-order valence-corrected chi connectivity index (χ3v) is 4.75. The van der Waals surface area contributed by atoms with Crippen LogP contribution in [0.1, 0.15) is 44.6 Å². The molecule has 1 fully saturated rings. The van der Waals surface area contributed by atoms with Crippen molar-refractivity contribution < 1.29 is 9.50 Å². The number of halogens is 2. The lowest BCUT2D eigenvalue weighted by atomic mass is 9.77. The third-order valence-electron chi connectivity index (χ3n) is 4.44. The first-order chi connectivity index (χ1) is 9.10. The van der Waals surface area contributed by atoms with Crippen LogP contribution in [0.2, 0.25) is 5.02 Å². The fourth-order valence-corrected chi connectivity index (χ4v) is 3.17. The minimum absolute atomic E-state index is 0.140. The average molecular weight is 285 g/mol. The molecule has 0 amide bonds. The Morgan fingerprint density at radius 3 is 2.58 bits per heavy atom. The molecule has 1 aliphatic carbocycles. The fourth-order valence-electron chi connectivity index (χ4n) is 3.06. The molecular weight excluding hydrogens is 263 g/mol. The zero-order chi connectivity index (χ0) is 13.8. The first-order valence-corrected chi connectivity index (χ1v) is 7.60. The van der Waals surface area contributed by atoms with Gasteiger partial charge in [0.2, 0.25) is 0 Å². The molecular formula is C16H22ClFO. The molecule has 19 heavy (non-hydrogen) atoms. The van der Waals surface area contributed by atoms with Crippen molar-refractivity contribution >= 4 is 11.6 Å². The maximum absolute atomic E-state index is 13.4. The summed E-state index contributed by atoms with van der Waals surface area (Å²) in [5, 5.41) is 10.4. The van der Waals surface area contributed by atoms with E-state index in [0.717, 1.165) is 24.3 Å². The molecule has 0 aliphatic heterocycles. The third kappa shape index (κ3) is 3.93. The van der Waals surface area contributed by atoms with Gasteiger partial charge in [-0.25, -0.2) is 4.39 Å². The Morgan fingerprint density at radius 1 is 1.32 bits per heavy atom. The number of hydrogen-bond donors (Lipinski definition) is 1. The normalized spacial score (nSPS) is 25.3. The molecule has 106 valence electrons. The monoisotopic (exact) mass is 284 g/mol. The van der Waals surface area contributed by atoms with Crippen LogP contribution in [0.25, 0.3) is 0 Å². The van der Waals surface area contributed by atoms with E-state index in [-0.39, 0.29) is 11.1 Å². The Bertz CT molecular complexity index is 413. The van der Waals surface area contributed by atoms with Crippen LogP contribution in [-0.4, -0.2) is 11.2 Å². The molecule has 1 aromatic carbocycles. The van der Waals surface area contributed by atoms with Gasteiger partial charge in [0.15, 0.2) is 0 Å². The second kappa shape index (κ2) is 6.71. The lowest BCUT2D eigenvalue weighted by Crippen LogP contribution is -2.27. The fraction of sp³-hybridized carbons (Fsp3) is 0.625. The van der Waals surface area contributed by atoms with Crippen LogP contribution in [0.15, 0.2) is 18.2 Å². The first-order valence-electron chi connectivity index (χ1n) is 7.22. The molecule has 0 spiro atoms. The van der Waals surface area contributed by atoms with E-state index in [1.165, 1.54) is 25.3 Å². The highest BCUT2D eigenvalue weighted by Crippen LogP contribution is 2.33. The van der Waals surface area contributed by atoms with Gasteiger partial charge >= 0.3 is 0 Å². The van der Waals surface area contributed by atoms with E-state index >= 15 is 0 Å². The van der Waals surface area contributed by atoms with E-state index in [1.807, 2.05) is 0 Å². The highest BCUT2D eigenvalue weighted by Gasteiger charge is 2.25. The largest absolute Gasteiger partial charge is 0.392 e. The summed E-state index contributed by atoms with van der Waals surface area (Å²) in [6.45, 7) is 2.23. The Balaban J connectivity index is 1.90. The standard InChI is InChI=1S/C16H22ClFO/c1-2-11-3-6-13(7-4-11)16(19)10-12-5-8-14(17)15(18)9-12/h5,8-9,11,13,16,19H,2-4,6-7,10H2,1H3. The summed E-state index contributed by atoms with van der Waals surface area (Å²) < 4.78 is 13.4. The van der Waals surface area contributed by atoms with Gasteiger partial charge in [0.05, 0.1) is 11.1 Å². The van der Waals surface area contributed by atoms with Gasteiger partial charge in [-0.15, -0.1) is 0 Å². The molecule has 1 saturated carbocycles. The summed E-state index contributed by atoms with van der Waals surface area (Å²) in [6, 6.07) is 4.79. The second-order valence-corrected chi connectivity index (χ2v) is 6.12. The van der Waals surface area contributed by atoms with Gasteiger partial charge in [-0.05, 0) is 48.8 Å². The van der Waals surface area contributed by atoms with Crippen molar-refractivity contribution in [2.45, 2.75) is 51.6 Å². The van der Waals surface area contributed by atoms with E-state index in [1.54, 1.807) is 12.1 Å². The molecule has 1 N–H and O–H groups in total. The van der Waals surface area contributed by atoms with Crippen LogP contribution in [0.3, 0.4) is 0 Å². The Kier molecular flexibility index (Phi) is 5.23. The van der Waals surface area contributed by atoms with Crippen molar-refractivity contribution in [3.8, 4) is 0 Å². The number of benzene rings is 1. The van der Waals surface area contributed by atoms with Crippen LogP contribution in [0, 0.1) is 17.7 Å². The SMILES string of the molecule is CCC1CCC(C(O)Cc2ccc(Cl)c(F)c2)CC1. The van der Waals surface area contributed by atoms with Gasteiger partial charge in [-0.1, -0.05) is 43.9 Å². The lowest BCUT2D eigenvalue weighted by Gasteiger charge is -2.31. The summed E-state index contributed by atoms with van der Waals surface area (Å²) in [7, 11) is 0. The average Bonchev–Trinajstić information content (AvgIpc) is 2.43. The molecule has 0 heterocycles. The van der Waals surface area contributed by atoms with Crippen molar-refractivity contribution in [1.29, 1.82) is 0 Å². The van der Waals surface area contributed by atoms with Crippen LogP contribution in [0.4, 0.5) is 4.39 Å². The highest BCUT2D eigenvalue weighted by molar-refractivity contribution is 6.30.